The van der Waals surface area contributed by atoms with E-state index in [1.165, 1.54) is 0 Å². The number of fused-ring (bicyclic) bond motifs is 1. The van der Waals surface area contributed by atoms with Crippen LogP contribution in [-0.2, 0) is 0 Å². The van der Waals surface area contributed by atoms with Crippen molar-refractivity contribution in [3.8, 4) is 0 Å². The van der Waals surface area contributed by atoms with Gasteiger partial charge in [-0.15, -0.1) is 0 Å². The highest BCUT2D eigenvalue weighted by Gasteiger charge is 2.09. The minimum atomic E-state index is 0.0160. The summed E-state index contributed by atoms with van der Waals surface area (Å²) in [7, 11) is 0. The number of nitrogens with one attached hydrogen (secondary N) is 1. The fraction of sp³-hybridized carbons (Fsp3) is 0.231. The second-order valence-electron chi connectivity index (χ2n) is 4.34. The summed E-state index contributed by atoms with van der Waals surface area (Å²) in [6.07, 6.45) is 2.16. The van der Waals surface area contributed by atoms with Crippen molar-refractivity contribution >= 4 is 34.0 Å². The normalized spacial score (nSPS) is 13.5. The van der Waals surface area contributed by atoms with E-state index in [-0.39, 0.29) is 11.9 Å². The molecule has 1 heterocycles. The van der Waals surface area contributed by atoms with Crippen LogP contribution in [0.5, 0.6) is 0 Å². The van der Waals surface area contributed by atoms with E-state index in [0.29, 0.717) is 11.4 Å². The second kappa shape index (κ2) is 5.75. The molecule has 1 aromatic carbocycles. The van der Waals surface area contributed by atoms with Crippen LogP contribution in [-0.4, -0.2) is 22.1 Å². The minimum absolute atomic E-state index is 0.0160. The number of hydrogen-bond acceptors (Lipinski definition) is 4. The summed E-state index contributed by atoms with van der Waals surface area (Å²) in [5.41, 5.74) is 7.17. The molecule has 0 radical (unpaired) electrons. The summed E-state index contributed by atoms with van der Waals surface area (Å²) in [6.45, 7) is 1.95. The molecule has 0 saturated carbocycles. The van der Waals surface area contributed by atoms with Gasteiger partial charge in [0.15, 0.2) is 0 Å². The molecule has 4 N–H and O–H groups in total. The van der Waals surface area contributed by atoms with Crippen molar-refractivity contribution < 1.29 is 5.21 Å². The van der Waals surface area contributed by atoms with E-state index < -0.39 is 0 Å². The van der Waals surface area contributed by atoms with Crippen molar-refractivity contribution in [2.24, 2.45) is 10.9 Å². The maximum atomic E-state index is 8.56. The van der Waals surface area contributed by atoms with Gasteiger partial charge in [-0.05, 0) is 31.2 Å². The first kappa shape index (κ1) is 13.4. The molecule has 1 atom stereocenters. The van der Waals surface area contributed by atoms with Crippen LogP contribution in [0.2, 0.25) is 5.02 Å². The minimum Gasteiger partial charge on any atom is -0.409 e. The topological polar surface area (TPSA) is 83.5 Å². The van der Waals surface area contributed by atoms with Gasteiger partial charge in [0.1, 0.15) is 5.84 Å². The summed E-state index contributed by atoms with van der Waals surface area (Å²) < 4.78 is 0. The van der Waals surface area contributed by atoms with Gasteiger partial charge in [0.05, 0.1) is 16.2 Å². The lowest BCUT2D eigenvalue weighted by Gasteiger charge is -2.16. The molecule has 1 unspecified atom stereocenters. The number of hydrogen-bond donors (Lipinski definition) is 3. The third-order valence-electron chi connectivity index (χ3n) is 2.76. The molecule has 0 fully saturated rings. The average molecular weight is 279 g/mol. The molecule has 100 valence electrons. The molecule has 2 rings (SSSR count). The summed E-state index contributed by atoms with van der Waals surface area (Å²) in [5, 5.41) is 16.4. The van der Waals surface area contributed by atoms with Crippen LogP contribution in [0.1, 0.15) is 13.3 Å². The van der Waals surface area contributed by atoms with Crippen LogP contribution in [0.3, 0.4) is 0 Å². The van der Waals surface area contributed by atoms with Gasteiger partial charge in [0, 0.05) is 24.0 Å². The van der Waals surface area contributed by atoms with Gasteiger partial charge in [-0.3, -0.25) is 4.98 Å². The first-order valence-electron chi connectivity index (χ1n) is 5.88. The van der Waals surface area contributed by atoms with Crippen molar-refractivity contribution in [1.82, 2.24) is 4.98 Å². The summed E-state index contributed by atoms with van der Waals surface area (Å²) in [5.74, 6) is 0.186. The van der Waals surface area contributed by atoms with Crippen molar-refractivity contribution in [1.29, 1.82) is 0 Å². The Labute approximate surface area is 116 Å². The van der Waals surface area contributed by atoms with E-state index in [2.05, 4.69) is 15.5 Å². The van der Waals surface area contributed by atoms with Gasteiger partial charge in [-0.2, -0.15) is 0 Å². The molecule has 2 aromatic rings. The monoisotopic (exact) mass is 278 g/mol. The number of halogens is 1. The van der Waals surface area contributed by atoms with Crippen molar-refractivity contribution in [3.63, 3.8) is 0 Å². The molecule has 1 aromatic heterocycles. The summed E-state index contributed by atoms with van der Waals surface area (Å²) in [4.78, 5) is 4.34. The zero-order valence-electron chi connectivity index (χ0n) is 10.5. The largest absolute Gasteiger partial charge is 0.409 e. The summed E-state index contributed by atoms with van der Waals surface area (Å²) in [6, 6.07) is 7.48. The van der Waals surface area contributed by atoms with Gasteiger partial charge < -0.3 is 16.3 Å². The molecule has 0 aliphatic rings. The number of anilines is 1. The fourth-order valence-corrected chi connectivity index (χ4v) is 2.14. The molecule has 0 bridgehead atoms. The lowest BCUT2D eigenvalue weighted by atomic mass is 10.1. The summed E-state index contributed by atoms with van der Waals surface area (Å²) >= 11 is 6.13. The SMILES string of the molecule is CC(C/C(N)=N/O)Nc1ccc(Cl)c2cccnc12. The number of nitrogens with zero attached hydrogens (tertiary/aromatic N) is 2. The highest BCUT2D eigenvalue weighted by Crippen LogP contribution is 2.28. The Morgan fingerprint density at radius 3 is 3.05 bits per heavy atom. The predicted molar refractivity (Wildman–Crippen MR) is 77.9 cm³/mol. The Hall–Kier alpha value is -2.01. The van der Waals surface area contributed by atoms with Gasteiger partial charge in [-0.1, -0.05) is 16.8 Å². The standard InChI is InChI=1S/C13H15ClN4O/c1-8(7-12(15)18-19)17-11-5-4-10(14)9-3-2-6-16-13(9)11/h2-6,8,17,19H,7H2,1H3,(H2,15,18). The van der Waals surface area contributed by atoms with Crippen LogP contribution >= 0.6 is 11.6 Å². The van der Waals surface area contributed by atoms with E-state index >= 15 is 0 Å². The molecule has 0 aliphatic heterocycles. The van der Waals surface area contributed by atoms with Crippen molar-refractivity contribution in [3.05, 3.63) is 35.5 Å². The molecular formula is C13H15ClN4O. The smallest absolute Gasteiger partial charge is 0.141 e. The molecule has 0 spiro atoms. The van der Waals surface area contributed by atoms with Gasteiger partial charge in [0.2, 0.25) is 0 Å². The molecule has 6 heteroatoms. The Morgan fingerprint density at radius 1 is 1.53 bits per heavy atom. The van der Waals surface area contributed by atoms with Gasteiger partial charge in [0.25, 0.3) is 0 Å². The van der Waals surface area contributed by atoms with Gasteiger partial charge in [-0.25, -0.2) is 0 Å². The van der Waals surface area contributed by atoms with Crippen LogP contribution in [0.25, 0.3) is 10.9 Å². The highest BCUT2D eigenvalue weighted by atomic mass is 35.5. The van der Waals surface area contributed by atoms with E-state index in [4.69, 9.17) is 22.5 Å². The molecular weight excluding hydrogens is 264 g/mol. The Bertz CT molecular complexity index is 615. The van der Waals surface area contributed by atoms with Crippen molar-refractivity contribution in [2.45, 2.75) is 19.4 Å². The number of benzene rings is 1. The van der Waals surface area contributed by atoms with E-state index in [1.54, 1.807) is 6.20 Å². The predicted octanol–water partition coefficient (Wildman–Crippen LogP) is 2.83. The fourth-order valence-electron chi connectivity index (χ4n) is 1.93. The molecule has 0 aliphatic carbocycles. The maximum Gasteiger partial charge on any atom is 0.141 e. The highest BCUT2D eigenvalue weighted by molar-refractivity contribution is 6.35. The quantitative estimate of drug-likeness (QED) is 0.347. The molecule has 0 amide bonds. The third-order valence-corrected chi connectivity index (χ3v) is 3.09. The second-order valence-corrected chi connectivity index (χ2v) is 4.74. The number of pyridine rings is 1. The Morgan fingerprint density at radius 2 is 2.32 bits per heavy atom. The maximum absolute atomic E-state index is 8.56. The number of aromatic nitrogens is 1. The van der Waals surface area contributed by atoms with Crippen LogP contribution in [0.15, 0.2) is 35.6 Å². The van der Waals surface area contributed by atoms with E-state index in [9.17, 15) is 0 Å². The average Bonchev–Trinajstić information content (AvgIpc) is 2.42. The lowest BCUT2D eigenvalue weighted by molar-refractivity contribution is 0.316. The number of oxime groups is 1. The molecule has 5 nitrogen and oxygen atoms in total. The van der Waals surface area contributed by atoms with Crippen molar-refractivity contribution in [2.75, 3.05) is 5.32 Å². The van der Waals surface area contributed by atoms with Crippen LogP contribution < -0.4 is 11.1 Å². The Kier molecular flexibility index (Phi) is 4.06. The zero-order valence-corrected chi connectivity index (χ0v) is 11.2. The number of amidine groups is 1. The molecule has 0 saturated heterocycles. The Balaban J connectivity index is 2.28. The van der Waals surface area contributed by atoms with Gasteiger partial charge >= 0.3 is 0 Å². The first-order valence-corrected chi connectivity index (χ1v) is 6.25. The first-order chi connectivity index (χ1) is 9.11. The van der Waals surface area contributed by atoms with Crippen LogP contribution in [0.4, 0.5) is 5.69 Å². The van der Waals surface area contributed by atoms with E-state index in [0.717, 1.165) is 16.6 Å². The lowest BCUT2D eigenvalue weighted by Crippen LogP contribution is -2.24. The third kappa shape index (κ3) is 3.06. The van der Waals surface area contributed by atoms with Crippen LogP contribution in [0, 0.1) is 0 Å². The number of rotatable bonds is 4. The molecule has 19 heavy (non-hydrogen) atoms. The number of nitrogens with two attached hydrogens (primary N) is 1. The van der Waals surface area contributed by atoms with E-state index in [1.807, 2.05) is 31.2 Å². The zero-order chi connectivity index (χ0) is 13.8.